The molecular weight excluding hydrogens is 357 g/mol. The van der Waals surface area contributed by atoms with Gasteiger partial charge in [0.25, 0.3) is 0 Å². The molecule has 2 unspecified atom stereocenters. The van der Waals surface area contributed by atoms with Gasteiger partial charge in [-0.05, 0) is 38.5 Å². The minimum Gasteiger partial charge on any atom is -0.337 e. The molecule has 26 heavy (non-hydrogen) atoms. The highest BCUT2D eigenvalue weighted by atomic mass is 35.5. The molecule has 0 aromatic heterocycles. The van der Waals surface area contributed by atoms with E-state index in [2.05, 4.69) is 5.32 Å². The van der Waals surface area contributed by atoms with Gasteiger partial charge in [-0.1, -0.05) is 12.1 Å². The zero-order valence-electron chi connectivity index (χ0n) is 15.5. The Morgan fingerprint density at radius 2 is 2.04 bits per heavy atom. The minimum absolute atomic E-state index is 0. The molecule has 2 amide bonds. The summed E-state index contributed by atoms with van der Waals surface area (Å²) < 4.78 is 13.6. The lowest BCUT2D eigenvalue weighted by Crippen LogP contribution is -2.51. The third-order valence-corrected chi connectivity index (χ3v) is 5.04. The highest BCUT2D eigenvalue weighted by Gasteiger charge is 2.42. The summed E-state index contributed by atoms with van der Waals surface area (Å²) in [5.41, 5.74) is 0.509. The molecule has 2 aliphatic rings. The van der Waals surface area contributed by atoms with Gasteiger partial charge in [-0.3, -0.25) is 9.59 Å². The number of nitrogens with one attached hydrogen (secondary N) is 1. The predicted molar refractivity (Wildman–Crippen MR) is 101 cm³/mol. The monoisotopic (exact) mass is 383 g/mol. The average molecular weight is 384 g/mol. The molecule has 2 heterocycles. The maximum atomic E-state index is 13.6. The third-order valence-electron chi connectivity index (χ3n) is 5.04. The van der Waals surface area contributed by atoms with E-state index in [9.17, 15) is 14.0 Å². The van der Waals surface area contributed by atoms with Gasteiger partial charge < -0.3 is 15.1 Å². The van der Waals surface area contributed by atoms with E-state index in [1.807, 2.05) is 31.7 Å². The molecule has 3 rings (SSSR count). The molecule has 2 fully saturated rings. The fourth-order valence-corrected chi connectivity index (χ4v) is 3.74. The van der Waals surface area contributed by atoms with Gasteiger partial charge in [0.15, 0.2) is 0 Å². The Bertz CT molecular complexity index is 677. The van der Waals surface area contributed by atoms with Gasteiger partial charge in [-0.25, -0.2) is 4.39 Å². The van der Waals surface area contributed by atoms with Crippen molar-refractivity contribution in [3.8, 4) is 0 Å². The molecule has 2 atom stereocenters. The molecule has 0 spiro atoms. The molecule has 1 N–H and O–H groups in total. The maximum absolute atomic E-state index is 13.6. The highest BCUT2D eigenvalue weighted by molar-refractivity contribution is 5.90. The summed E-state index contributed by atoms with van der Waals surface area (Å²) in [6, 6.07) is 6.21. The van der Waals surface area contributed by atoms with Crippen LogP contribution in [0.3, 0.4) is 0 Å². The van der Waals surface area contributed by atoms with Crippen molar-refractivity contribution in [3.63, 3.8) is 0 Å². The van der Waals surface area contributed by atoms with Crippen LogP contribution in [0.5, 0.6) is 0 Å². The van der Waals surface area contributed by atoms with E-state index in [4.69, 9.17) is 0 Å². The van der Waals surface area contributed by atoms with Gasteiger partial charge in [0.2, 0.25) is 11.8 Å². The standard InChI is InChI=1S/C19H26FN3O2.ClH/c1-19(2,3)23-12-14(10-17(23)24)18(25)22-8-7-21-11-16(22)13-5-4-6-15(20)9-13;/h4-6,9,14,16,21H,7-8,10-12H2,1-3H3;1H. The molecule has 0 radical (unpaired) electrons. The second-order valence-corrected chi connectivity index (χ2v) is 7.88. The van der Waals surface area contributed by atoms with Gasteiger partial charge in [-0.15, -0.1) is 12.4 Å². The van der Waals surface area contributed by atoms with Gasteiger partial charge >= 0.3 is 0 Å². The molecule has 1 aromatic carbocycles. The number of piperazine rings is 1. The molecule has 7 heteroatoms. The number of rotatable bonds is 2. The molecule has 5 nitrogen and oxygen atoms in total. The first-order chi connectivity index (χ1) is 11.8. The summed E-state index contributed by atoms with van der Waals surface area (Å²) in [5, 5.41) is 3.28. The molecule has 0 aliphatic carbocycles. The second kappa shape index (κ2) is 7.92. The highest BCUT2D eigenvalue weighted by Crippen LogP contribution is 2.30. The van der Waals surface area contributed by atoms with Crippen molar-refractivity contribution in [1.29, 1.82) is 0 Å². The van der Waals surface area contributed by atoms with Crippen LogP contribution >= 0.6 is 12.4 Å². The zero-order chi connectivity index (χ0) is 18.2. The van der Waals surface area contributed by atoms with Crippen molar-refractivity contribution < 1.29 is 14.0 Å². The number of likely N-dealkylation sites (tertiary alicyclic amines) is 1. The molecular formula is C19H27ClFN3O2. The van der Waals surface area contributed by atoms with Crippen LogP contribution in [0, 0.1) is 11.7 Å². The molecule has 0 saturated carbocycles. The van der Waals surface area contributed by atoms with Crippen LogP contribution in [0.25, 0.3) is 0 Å². The first-order valence-electron chi connectivity index (χ1n) is 8.84. The van der Waals surface area contributed by atoms with Crippen LogP contribution in [-0.4, -0.2) is 53.3 Å². The van der Waals surface area contributed by atoms with Crippen molar-refractivity contribution in [2.45, 2.75) is 38.8 Å². The summed E-state index contributed by atoms with van der Waals surface area (Å²) in [5.74, 6) is -0.592. The largest absolute Gasteiger partial charge is 0.337 e. The zero-order valence-corrected chi connectivity index (χ0v) is 16.3. The number of hydrogen-bond donors (Lipinski definition) is 1. The Morgan fingerprint density at radius 1 is 1.31 bits per heavy atom. The summed E-state index contributed by atoms with van der Waals surface area (Å²) in [7, 11) is 0. The van der Waals surface area contributed by atoms with E-state index >= 15 is 0 Å². The van der Waals surface area contributed by atoms with Gasteiger partial charge in [-0.2, -0.15) is 0 Å². The van der Waals surface area contributed by atoms with Crippen molar-refractivity contribution in [2.75, 3.05) is 26.2 Å². The summed E-state index contributed by atoms with van der Waals surface area (Å²) in [4.78, 5) is 29.0. The summed E-state index contributed by atoms with van der Waals surface area (Å²) in [6.45, 7) is 8.29. The van der Waals surface area contributed by atoms with Gasteiger partial charge in [0, 0.05) is 38.1 Å². The third kappa shape index (κ3) is 4.18. The molecule has 2 aliphatic heterocycles. The van der Waals surface area contributed by atoms with Crippen LogP contribution < -0.4 is 5.32 Å². The van der Waals surface area contributed by atoms with E-state index in [1.54, 1.807) is 11.0 Å². The number of benzene rings is 1. The fourth-order valence-electron chi connectivity index (χ4n) is 3.74. The van der Waals surface area contributed by atoms with Crippen LogP contribution in [0.2, 0.25) is 0 Å². The SMILES string of the molecule is CC(C)(C)N1CC(C(=O)N2CCNCC2c2cccc(F)c2)CC1=O.Cl. The van der Waals surface area contributed by atoms with E-state index < -0.39 is 0 Å². The van der Waals surface area contributed by atoms with E-state index in [-0.39, 0.29) is 54.0 Å². The Hall–Kier alpha value is -1.66. The molecule has 1 aromatic rings. The number of nitrogens with zero attached hydrogens (tertiary/aromatic N) is 2. The Morgan fingerprint density at radius 3 is 2.65 bits per heavy atom. The summed E-state index contributed by atoms with van der Waals surface area (Å²) >= 11 is 0. The average Bonchev–Trinajstić information content (AvgIpc) is 2.96. The lowest BCUT2D eigenvalue weighted by Gasteiger charge is -2.38. The van der Waals surface area contributed by atoms with Gasteiger partial charge in [0.05, 0.1) is 12.0 Å². The van der Waals surface area contributed by atoms with Crippen LogP contribution in [0.15, 0.2) is 24.3 Å². The molecule has 2 saturated heterocycles. The maximum Gasteiger partial charge on any atom is 0.228 e. The quantitative estimate of drug-likeness (QED) is 0.853. The predicted octanol–water partition coefficient (Wildman–Crippen LogP) is 2.37. The van der Waals surface area contributed by atoms with Crippen LogP contribution in [0.4, 0.5) is 4.39 Å². The number of carbonyl (C=O) groups is 2. The Labute approximate surface area is 160 Å². The second-order valence-electron chi connectivity index (χ2n) is 7.88. The minimum atomic E-state index is -0.319. The van der Waals surface area contributed by atoms with Crippen molar-refractivity contribution >= 4 is 24.2 Å². The lowest BCUT2D eigenvalue weighted by atomic mass is 9.99. The number of hydrogen-bond acceptors (Lipinski definition) is 3. The number of halogens is 2. The van der Waals surface area contributed by atoms with Crippen molar-refractivity contribution in [3.05, 3.63) is 35.6 Å². The van der Waals surface area contributed by atoms with E-state index in [0.29, 0.717) is 26.2 Å². The first kappa shape index (κ1) is 20.6. The van der Waals surface area contributed by atoms with E-state index in [1.165, 1.54) is 12.1 Å². The lowest BCUT2D eigenvalue weighted by molar-refractivity contribution is -0.139. The van der Waals surface area contributed by atoms with Crippen molar-refractivity contribution in [1.82, 2.24) is 15.1 Å². The fraction of sp³-hybridized carbons (Fsp3) is 0.579. The summed E-state index contributed by atoms with van der Waals surface area (Å²) in [6.07, 6.45) is 0.260. The van der Waals surface area contributed by atoms with Crippen LogP contribution in [0.1, 0.15) is 38.8 Å². The van der Waals surface area contributed by atoms with Crippen LogP contribution in [-0.2, 0) is 9.59 Å². The van der Waals surface area contributed by atoms with E-state index in [0.717, 1.165) is 5.56 Å². The Kier molecular flexibility index (Phi) is 6.29. The number of amides is 2. The normalized spacial score (nSPS) is 23.8. The Balaban J connectivity index is 0.00000243. The topological polar surface area (TPSA) is 52.7 Å². The molecule has 144 valence electrons. The molecule has 0 bridgehead atoms. The van der Waals surface area contributed by atoms with Gasteiger partial charge in [0.1, 0.15) is 5.82 Å². The smallest absolute Gasteiger partial charge is 0.228 e. The number of carbonyl (C=O) groups excluding carboxylic acids is 2. The van der Waals surface area contributed by atoms with Crippen molar-refractivity contribution in [2.24, 2.45) is 5.92 Å². The first-order valence-corrected chi connectivity index (χ1v) is 8.84.